The zero-order valence-corrected chi connectivity index (χ0v) is 16.6. The number of nitrogens with one attached hydrogen (secondary N) is 1. The van der Waals surface area contributed by atoms with Crippen LogP contribution in [0.4, 0.5) is 11.8 Å². The van der Waals surface area contributed by atoms with Crippen LogP contribution in [0.5, 0.6) is 0 Å². The second-order valence-electron chi connectivity index (χ2n) is 7.21. The molecule has 6 heteroatoms. The highest BCUT2D eigenvalue weighted by Crippen LogP contribution is 2.24. The smallest absolute Gasteiger partial charge is 0.227 e. The van der Waals surface area contributed by atoms with Crippen molar-refractivity contribution < 1.29 is 4.79 Å². The van der Waals surface area contributed by atoms with Gasteiger partial charge in [-0.2, -0.15) is 4.98 Å². The summed E-state index contributed by atoms with van der Waals surface area (Å²) in [7, 11) is 0. The van der Waals surface area contributed by atoms with Gasteiger partial charge in [-0.15, -0.1) is 0 Å². The molecule has 1 fully saturated rings. The van der Waals surface area contributed by atoms with Crippen LogP contribution in [-0.4, -0.2) is 47.5 Å². The van der Waals surface area contributed by atoms with E-state index in [1.807, 2.05) is 30.3 Å². The van der Waals surface area contributed by atoms with Gasteiger partial charge in [-0.3, -0.25) is 4.79 Å². The Balaban J connectivity index is 1.61. The lowest BCUT2D eigenvalue weighted by Crippen LogP contribution is -2.46. The molecule has 1 aliphatic heterocycles. The van der Waals surface area contributed by atoms with E-state index in [1.165, 1.54) is 11.1 Å². The second-order valence-corrected chi connectivity index (χ2v) is 7.21. The highest BCUT2D eigenvalue weighted by Gasteiger charge is 2.19. The van der Waals surface area contributed by atoms with Gasteiger partial charge in [0.15, 0.2) is 0 Å². The van der Waals surface area contributed by atoms with Gasteiger partial charge in [-0.25, -0.2) is 4.98 Å². The lowest BCUT2D eigenvalue weighted by atomic mass is 10.1. The zero-order chi connectivity index (χ0) is 20.1. The Bertz CT molecular complexity index is 968. The molecule has 29 heavy (non-hydrogen) atoms. The Morgan fingerprint density at radius 1 is 0.966 bits per heavy atom. The van der Waals surface area contributed by atoms with Gasteiger partial charge in [-0.05, 0) is 18.1 Å². The van der Waals surface area contributed by atoms with Gasteiger partial charge in [-0.1, -0.05) is 54.6 Å². The van der Waals surface area contributed by atoms with Gasteiger partial charge < -0.3 is 15.1 Å². The Kier molecular flexibility index (Phi) is 5.70. The first-order chi connectivity index (χ1) is 14.2. The standard InChI is InChI=1S/C23H25N5O/c1-18-7-5-6-10-20(18)16-24-22-15-21(19-8-3-2-4-9-19)25-23(26-22)28-13-11-27(17-29)12-14-28/h2-10,15,17H,11-14,16H2,1H3,(H,24,25,26). The van der Waals surface area contributed by atoms with Crippen molar-refractivity contribution in [2.45, 2.75) is 13.5 Å². The SMILES string of the molecule is Cc1ccccc1CNc1cc(-c2ccccc2)nc(N2CCN(C=O)CC2)n1. The van der Waals surface area contributed by atoms with Crippen LogP contribution in [0.1, 0.15) is 11.1 Å². The van der Waals surface area contributed by atoms with Crippen molar-refractivity contribution in [3.8, 4) is 11.3 Å². The topological polar surface area (TPSA) is 61.4 Å². The van der Waals surface area contributed by atoms with Crippen molar-refractivity contribution in [3.05, 3.63) is 71.8 Å². The number of hydrogen-bond donors (Lipinski definition) is 1. The molecule has 0 bridgehead atoms. The number of nitrogens with zero attached hydrogens (tertiary/aromatic N) is 4. The molecule has 0 radical (unpaired) electrons. The Morgan fingerprint density at radius 3 is 2.41 bits per heavy atom. The first-order valence-corrected chi connectivity index (χ1v) is 9.90. The number of amides is 1. The Labute approximate surface area is 171 Å². The maximum absolute atomic E-state index is 11.0. The molecule has 0 saturated carbocycles. The highest BCUT2D eigenvalue weighted by atomic mass is 16.1. The van der Waals surface area contributed by atoms with Crippen LogP contribution in [0.2, 0.25) is 0 Å². The molecule has 4 rings (SSSR count). The van der Waals surface area contributed by atoms with Crippen LogP contribution in [-0.2, 0) is 11.3 Å². The van der Waals surface area contributed by atoms with E-state index in [9.17, 15) is 4.79 Å². The highest BCUT2D eigenvalue weighted by molar-refractivity contribution is 5.64. The molecule has 2 aromatic carbocycles. The lowest BCUT2D eigenvalue weighted by Gasteiger charge is -2.32. The first-order valence-electron chi connectivity index (χ1n) is 9.90. The number of benzene rings is 2. The Morgan fingerprint density at radius 2 is 1.69 bits per heavy atom. The van der Waals surface area contributed by atoms with Gasteiger partial charge in [0.2, 0.25) is 12.4 Å². The number of carbonyl (C=O) groups excluding carboxylic acids is 1. The molecule has 148 valence electrons. The summed E-state index contributed by atoms with van der Waals surface area (Å²) in [6.45, 7) is 5.66. The molecule has 3 aromatic rings. The molecule has 0 spiro atoms. The van der Waals surface area contributed by atoms with Crippen LogP contribution < -0.4 is 10.2 Å². The van der Waals surface area contributed by atoms with Crippen LogP contribution in [0.3, 0.4) is 0 Å². The fourth-order valence-corrected chi connectivity index (χ4v) is 3.44. The molecule has 1 amide bonds. The molecule has 0 aliphatic carbocycles. The largest absolute Gasteiger partial charge is 0.366 e. The molecule has 1 aliphatic rings. The summed E-state index contributed by atoms with van der Waals surface area (Å²) in [4.78, 5) is 24.5. The van der Waals surface area contributed by atoms with Crippen molar-refractivity contribution >= 4 is 18.2 Å². The van der Waals surface area contributed by atoms with E-state index in [2.05, 4.69) is 47.5 Å². The van der Waals surface area contributed by atoms with E-state index in [0.29, 0.717) is 25.6 Å². The molecule has 0 atom stereocenters. The number of anilines is 2. The lowest BCUT2D eigenvalue weighted by molar-refractivity contribution is -0.118. The van der Waals surface area contributed by atoms with Gasteiger partial charge in [0.1, 0.15) is 5.82 Å². The average molecular weight is 387 g/mol. The minimum Gasteiger partial charge on any atom is -0.366 e. The molecule has 6 nitrogen and oxygen atoms in total. The summed E-state index contributed by atoms with van der Waals surface area (Å²) in [6.07, 6.45) is 0.910. The number of piperazine rings is 1. The van der Waals surface area contributed by atoms with E-state index in [1.54, 1.807) is 4.90 Å². The monoisotopic (exact) mass is 387 g/mol. The van der Waals surface area contributed by atoms with E-state index in [0.717, 1.165) is 36.6 Å². The summed E-state index contributed by atoms with van der Waals surface area (Å²) in [5, 5.41) is 3.47. The maximum atomic E-state index is 11.0. The fraction of sp³-hybridized carbons (Fsp3) is 0.261. The molecular weight excluding hydrogens is 362 g/mol. The quantitative estimate of drug-likeness (QED) is 0.658. The fourth-order valence-electron chi connectivity index (χ4n) is 3.44. The number of hydrogen-bond acceptors (Lipinski definition) is 5. The number of aryl methyl sites for hydroxylation is 1. The van der Waals surface area contributed by atoms with E-state index in [4.69, 9.17) is 9.97 Å². The summed E-state index contributed by atoms with van der Waals surface area (Å²) in [6, 6.07) is 20.5. The zero-order valence-electron chi connectivity index (χ0n) is 16.6. The van der Waals surface area contributed by atoms with Gasteiger partial charge in [0.25, 0.3) is 0 Å². The summed E-state index contributed by atoms with van der Waals surface area (Å²) < 4.78 is 0. The summed E-state index contributed by atoms with van der Waals surface area (Å²) in [5.41, 5.74) is 4.44. The van der Waals surface area contributed by atoms with E-state index in [-0.39, 0.29) is 0 Å². The minimum absolute atomic E-state index is 0.689. The Hall–Kier alpha value is -3.41. The van der Waals surface area contributed by atoms with Gasteiger partial charge in [0, 0.05) is 44.4 Å². The van der Waals surface area contributed by atoms with E-state index < -0.39 is 0 Å². The predicted octanol–water partition coefficient (Wildman–Crippen LogP) is 3.34. The minimum atomic E-state index is 0.689. The third-order valence-corrected chi connectivity index (χ3v) is 5.25. The second kappa shape index (κ2) is 8.73. The van der Waals surface area contributed by atoms with Crippen LogP contribution in [0.25, 0.3) is 11.3 Å². The van der Waals surface area contributed by atoms with Crippen molar-refractivity contribution in [2.75, 3.05) is 36.4 Å². The third kappa shape index (κ3) is 4.54. The number of carbonyl (C=O) groups is 1. The van der Waals surface area contributed by atoms with Crippen molar-refractivity contribution in [1.29, 1.82) is 0 Å². The van der Waals surface area contributed by atoms with Crippen LogP contribution in [0.15, 0.2) is 60.7 Å². The number of aromatic nitrogens is 2. The molecule has 1 aromatic heterocycles. The molecule has 0 unspecified atom stereocenters. The van der Waals surface area contributed by atoms with Gasteiger partial charge in [0.05, 0.1) is 5.69 Å². The number of rotatable bonds is 6. The van der Waals surface area contributed by atoms with E-state index >= 15 is 0 Å². The molecular formula is C23H25N5O. The molecule has 1 N–H and O–H groups in total. The van der Waals surface area contributed by atoms with Crippen LogP contribution in [0, 0.1) is 6.92 Å². The van der Waals surface area contributed by atoms with Gasteiger partial charge >= 0.3 is 0 Å². The van der Waals surface area contributed by atoms with Crippen molar-refractivity contribution in [3.63, 3.8) is 0 Å². The predicted molar refractivity (Wildman–Crippen MR) is 116 cm³/mol. The normalized spacial score (nSPS) is 14.0. The molecule has 1 saturated heterocycles. The van der Waals surface area contributed by atoms with Crippen LogP contribution >= 0.6 is 0 Å². The summed E-state index contributed by atoms with van der Waals surface area (Å²) in [5.74, 6) is 1.50. The third-order valence-electron chi connectivity index (χ3n) is 5.25. The summed E-state index contributed by atoms with van der Waals surface area (Å²) >= 11 is 0. The maximum Gasteiger partial charge on any atom is 0.227 e. The van der Waals surface area contributed by atoms with Crippen molar-refractivity contribution in [2.24, 2.45) is 0 Å². The molecule has 2 heterocycles. The first kappa shape index (κ1) is 18.9. The van der Waals surface area contributed by atoms with Crippen molar-refractivity contribution in [1.82, 2.24) is 14.9 Å². The average Bonchev–Trinajstić information content (AvgIpc) is 2.79.